The smallest absolute Gasteiger partial charge is 0.0964 e. The third-order valence-corrected chi connectivity index (χ3v) is 2.20. The maximum absolute atomic E-state index is 8.96. The summed E-state index contributed by atoms with van der Waals surface area (Å²) in [6.07, 6.45) is 2.66. The van der Waals surface area contributed by atoms with Crippen LogP contribution in [0.15, 0.2) is 6.20 Å². The molecule has 0 aromatic carbocycles. The number of hydrogen-bond acceptors (Lipinski definition) is 5. The Balaban J connectivity index is 2.36. The van der Waals surface area contributed by atoms with Crippen molar-refractivity contribution in [1.29, 1.82) is 0 Å². The van der Waals surface area contributed by atoms with Crippen molar-refractivity contribution in [1.82, 2.24) is 20.3 Å². The van der Waals surface area contributed by atoms with Gasteiger partial charge in [-0.1, -0.05) is 12.1 Å². The van der Waals surface area contributed by atoms with Crippen LogP contribution in [0, 0.1) is 0 Å². The van der Waals surface area contributed by atoms with Crippen LogP contribution in [0.3, 0.4) is 0 Å². The molecule has 0 radical (unpaired) electrons. The van der Waals surface area contributed by atoms with Crippen LogP contribution in [0.1, 0.15) is 19.0 Å². The first-order chi connectivity index (χ1) is 7.30. The monoisotopic (exact) mass is 214 g/mol. The van der Waals surface area contributed by atoms with Gasteiger partial charge in [-0.15, -0.1) is 5.10 Å². The highest BCUT2D eigenvalue weighted by molar-refractivity contribution is 4.92. The highest BCUT2D eigenvalue weighted by Crippen LogP contribution is 1.95. The zero-order valence-corrected chi connectivity index (χ0v) is 8.93. The lowest BCUT2D eigenvalue weighted by Crippen LogP contribution is -2.31. The lowest BCUT2D eigenvalue weighted by Gasteiger charge is -2.11. The van der Waals surface area contributed by atoms with E-state index in [1.165, 1.54) is 0 Å². The highest BCUT2D eigenvalue weighted by Gasteiger charge is 2.05. The predicted molar refractivity (Wildman–Crippen MR) is 55.1 cm³/mol. The molecule has 0 aliphatic carbocycles. The molecule has 0 saturated carbocycles. The van der Waals surface area contributed by atoms with Crippen molar-refractivity contribution in [3.8, 4) is 0 Å². The summed E-state index contributed by atoms with van der Waals surface area (Å²) in [6.45, 7) is 3.25. The third-order valence-electron chi connectivity index (χ3n) is 2.20. The Morgan fingerprint density at radius 1 is 1.53 bits per heavy atom. The third kappa shape index (κ3) is 3.94. The molecule has 1 rings (SSSR count). The summed E-state index contributed by atoms with van der Waals surface area (Å²) in [4.78, 5) is 0. The van der Waals surface area contributed by atoms with Gasteiger partial charge in [0.2, 0.25) is 0 Å². The lowest BCUT2D eigenvalue weighted by atomic mass is 10.2. The number of nitrogens with zero attached hydrogens (tertiary/aromatic N) is 3. The summed E-state index contributed by atoms with van der Waals surface area (Å²) in [5.74, 6) is 0. The fourth-order valence-electron chi connectivity index (χ4n) is 1.22. The van der Waals surface area contributed by atoms with Gasteiger partial charge >= 0.3 is 0 Å². The molecule has 6 heteroatoms. The lowest BCUT2D eigenvalue weighted by molar-refractivity contribution is 0.238. The van der Waals surface area contributed by atoms with Crippen molar-refractivity contribution in [2.75, 3.05) is 13.2 Å². The maximum Gasteiger partial charge on any atom is 0.0964 e. The van der Waals surface area contributed by atoms with E-state index in [1.807, 2.05) is 6.92 Å². The second-order valence-electron chi connectivity index (χ2n) is 3.37. The number of hydrogen-bond donors (Lipinski definition) is 3. The van der Waals surface area contributed by atoms with Gasteiger partial charge in [-0.3, -0.25) is 0 Å². The molecule has 1 heterocycles. The SMILES string of the molecule is CC[C@@H](CO)NCc1cn(CCO)nn1. The number of aliphatic hydroxyl groups is 2. The summed E-state index contributed by atoms with van der Waals surface area (Å²) in [7, 11) is 0. The zero-order chi connectivity index (χ0) is 11.1. The molecule has 3 N–H and O–H groups in total. The minimum Gasteiger partial charge on any atom is -0.395 e. The number of nitrogens with one attached hydrogen (secondary N) is 1. The molecule has 15 heavy (non-hydrogen) atoms. The van der Waals surface area contributed by atoms with Gasteiger partial charge in [0, 0.05) is 18.8 Å². The van der Waals surface area contributed by atoms with Gasteiger partial charge in [-0.25, -0.2) is 4.68 Å². The van der Waals surface area contributed by atoms with E-state index in [0.717, 1.165) is 12.1 Å². The number of aromatic nitrogens is 3. The molecule has 0 bridgehead atoms. The van der Waals surface area contributed by atoms with E-state index in [2.05, 4.69) is 15.6 Å². The molecule has 1 atom stereocenters. The van der Waals surface area contributed by atoms with Crippen LogP contribution in [0.2, 0.25) is 0 Å². The molecule has 0 aliphatic rings. The first-order valence-corrected chi connectivity index (χ1v) is 5.14. The molecule has 0 saturated heterocycles. The van der Waals surface area contributed by atoms with Crippen molar-refractivity contribution < 1.29 is 10.2 Å². The summed E-state index contributed by atoms with van der Waals surface area (Å²) in [5.41, 5.74) is 0.815. The van der Waals surface area contributed by atoms with Crippen molar-refractivity contribution in [3.63, 3.8) is 0 Å². The predicted octanol–water partition coefficient (Wildman–Crippen LogP) is -0.869. The molecular weight excluding hydrogens is 196 g/mol. The summed E-state index contributed by atoms with van der Waals surface area (Å²) in [6, 6.07) is 0.105. The fraction of sp³-hybridized carbons (Fsp3) is 0.778. The van der Waals surface area contributed by atoms with Gasteiger partial charge in [0.25, 0.3) is 0 Å². The van der Waals surface area contributed by atoms with E-state index >= 15 is 0 Å². The minimum absolute atomic E-state index is 0.0600. The molecule has 86 valence electrons. The van der Waals surface area contributed by atoms with Crippen LogP contribution in [0.5, 0.6) is 0 Å². The highest BCUT2D eigenvalue weighted by atomic mass is 16.3. The van der Waals surface area contributed by atoms with E-state index in [0.29, 0.717) is 13.1 Å². The van der Waals surface area contributed by atoms with Crippen molar-refractivity contribution in [3.05, 3.63) is 11.9 Å². The van der Waals surface area contributed by atoms with Crippen LogP contribution in [0.25, 0.3) is 0 Å². The first-order valence-electron chi connectivity index (χ1n) is 5.14. The Morgan fingerprint density at radius 3 is 2.93 bits per heavy atom. The van der Waals surface area contributed by atoms with E-state index in [-0.39, 0.29) is 19.3 Å². The molecule has 0 aliphatic heterocycles. The van der Waals surface area contributed by atoms with Crippen molar-refractivity contribution in [2.24, 2.45) is 0 Å². The van der Waals surface area contributed by atoms with Crippen LogP contribution in [-0.2, 0) is 13.1 Å². The molecule has 0 unspecified atom stereocenters. The Labute approximate surface area is 88.9 Å². The zero-order valence-electron chi connectivity index (χ0n) is 8.93. The van der Waals surface area contributed by atoms with Crippen molar-refractivity contribution in [2.45, 2.75) is 32.5 Å². The average Bonchev–Trinajstić information content (AvgIpc) is 2.68. The number of aliphatic hydroxyl groups excluding tert-OH is 2. The van der Waals surface area contributed by atoms with Gasteiger partial charge in [-0.05, 0) is 6.42 Å². The standard InChI is InChI=1S/C9H18N4O2/c1-2-8(7-15)10-5-9-6-13(3-4-14)12-11-9/h6,8,10,14-15H,2-5,7H2,1H3/t8-/m0/s1. The molecule has 1 aromatic heterocycles. The Kier molecular flexibility index (Phi) is 5.23. The molecule has 0 spiro atoms. The molecule has 0 amide bonds. The normalized spacial score (nSPS) is 13.0. The second kappa shape index (κ2) is 6.49. The first kappa shape index (κ1) is 12.1. The van der Waals surface area contributed by atoms with Crippen molar-refractivity contribution >= 4 is 0 Å². The van der Waals surface area contributed by atoms with Crippen LogP contribution in [0.4, 0.5) is 0 Å². The topological polar surface area (TPSA) is 83.2 Å². The largest absolute Gasteiger partial charge is 0.395 e. The van der Waals surface area contributed by atoms with E-state index in [1.54, 1.807) is 10.9 Å². The summed E-state index contributed by atoms with van der Waals surface area (Å²) >= 11 is 0. The fourth-order valence-corrected chi connectivity index (χ4v) is 1.22. The van der Waals surface area contributed by atoms with Gasteiger partial charge in [0.15, 0.2) is 0 Å². The van der Waals surface area contributed by atoms with Gasteiger partial charge < -0.3 is 15.5 Å². The Hall–Kier alpha value is -0.980. The van der Waals surface area contributed by atoms with E-state index in [9.17, 15) is 0 Å². The molecule has 6 nitrogen and oxygen atoms in total. The minimum atomic E-state index is 0.0600. The van der Waals surface area contributed by atoms with Gasteiger partial charge in [-0.2, -0.15) is 0 Å². The maximum atomic E-state index is 8.96. The molecular formula is C9H18N4O2. The van der Waals surface area contributed by atoms with Gasteiger partial charge in [0.1, 0.15) is 0 Å². The van der Waals surface area contributed by atoms with Crippen LogP contribution >= 0.6 is 0 Å². The summed E-state index contributed by atoms with van der Waals surface area (Å²) < 4.78 is 1.59. The molecule has 0 fully saturated rings. The Morgan fingerprint density at radius 2 is 2.33 bits per heavy atom. The van der Waals surface area contributed by atoms with E-state index < -0.39 is 0 Å². The number of rotatable bonds is 7. The quantitative estimate of drug-likeness (QED) is 0.549. The second-order valence-corrected chi connectivity index (χ2v) is 3.37. The molecule has 1 aromatic rings. The van der Waals surface area contributed by atoms with E-state index in [4.69, 9.17) is 10.2 Å². The Bertz CT molecular complexity index is 273. The van der Waals surface area contributed by atoms with Crippen LogP contribution < -0.4 is 5.32 Å². The average molecular weight is 214 g/mol. The summed E-state index contributed by atoms with van der Waals surface area (Å²) in [5, 5.41) is 28.6. The van der Waals surface area contributed by atoms with Crippen LogP contribution in [-0.4, -0.2) is 44.5 Å². The van der Waals surface area contributed by atoms with Gasteiger partial charge in [0.05, 0.1) is 25.5 Å².